The van der Waals surface area contributed by atoms with Gasteiger partial charge in [-0.3, -0.25) is 4.79 Å². The van der Waals surface area contributed by atoms with Crippen molar-refractivity contribution in [2.45, 2.75) is 52.0 Å². The minimum atomic E-state index is -5.08. The van der Waals surface area contributed by atoms with E-state index in [1.807, 2.05) is 20.8 Å². The number of hydrogen-bond acceptors (Lipinski definition) is 5. The monoisotopic (exact) mass is 386 g/mol. The number of aliphatic carboxylic acids is 1. The molecule has 8 nitrogen and oxygen atoms in total. The van der Waals surface area contributed by atoms with E-state index in [0.717, 1.165) is 0 Å². The van der Waals surface area contributed by atoms with Crippen LogP contribution in [0.25, 0.3) is 0 Å². The van der Waals surface area contributed by atoms with Crippen molar-refractivity contribution < 1.29 is 42.1 Å². The van der Waals surface area contributed by atoms with E-state index in [0.29, 0.717) is 32.7 Å². The molecule has 0 saturated carbocycles. The van der Waals surface area contributed by atoms with Gasteiger partial charge in [0.25, 0.3) is 0 Å². The lowest BCUT2D eigenvalue weighted by atomic mass is 10.2. The molecule has 1 rings (SSSR count). The van der Waals surface area contributed by atoms with Gasteiger partial charge in [-0.25, -0.2) is 9.59 Å². The molecule has 1 unspecified atom stereocenters. The van der Waals surface area contributed by atoms with Gasteiger partial charge in [-0.1, -0.05) is 0 Å². The first kappa shape index (κ1) is 24.0. The van der Waals surface area contributed by atoms with Crippen LogP contribution in [0.15, 0.2) is 0 Å². The highest BCUT2D eigenvalue weighted by Crippen LogP contribution is 2.14. The molecule has 11 heteroatoms. The summed E-state index contributed by atoms with van der Waals surface area (Å²) in [5.74, 6) is -2.81. The number of carboxylic acids is 1. The van der Waals surface area contributed by atoms with E-state index in [-0.39, 0.29) is 18.1 Å². The Labute approximate surface area is 149 Å². The van der Waals surface area contributed by atoms with Gasteiger partial charge in [-0.05, 0) is 27.2 Å². The highest BCUT2D eigenvalue weighted by Gasteiger charge is 2.38. The zero-order chi connectivity index (χ0) is 20.5. The van der Waals surface area contributed by atoms with E-state index < -0.39 is 17.7 Å². The number of nitrogens with zero attached hydrogens (tertiary/aromatic N) is 1. The Bertz CT molecular complexity index is 491. The Balaban J connectivity index is 0.000000758. The van der Waals surface area contributed by atoms with Crippen LogP contribution in [0.4, 0.5) is 18.0 Å². The summed E-state index contributed by atoms with van der Waals surface area (Å²) in [6.07, 6.45) is -4.74. The third-order valence-electron chi connectivity index (χ3n) is 2.87. The molecule has 0 radical (unpaired) electrons. The zero-order valence-corrected chi connectivity index (χ0v) is 15.2. The maximum Gasteiger partial charge on any atom is 0.490 e. The van der Waals surface area contributed by atoms with Crippen LogP contribution < -0.4 is 5.32 Å². The van der Waals surface area contributed by atoms with Crippen molar-refractivity contribution in [2.24, 2.45) is 0 Å². The molecule has 1 atom stereocenters. The summed E-state index contributed by atoms with van der Waals surface area (Å²) in [5.41, 5.74) is -0.485. The Morgan fingerprint density at radius 2 is 1.81 bits per heavy atom. The predicted octanol–water partition coefficient (Wildman–Crippen LogP) is 1.78. The molecule has 0 bridgehead atoms. The van der Waals surface area contributed by atoms with Gasteiger partial charge in [0.05, 0.1) is 19.3 Å². The number of alkyl halides is 3. The Morgan fingerprint density at radius 3 is 2.23 bits per heavy atom. The Morgan fingerprint density at radius 1 is 1.27 bits per heavy atom. The largest absolute Gasteiger partial charge is 0.490 e. The van der Waals surface area contributed by atoms with Crippen molar-refractivity contribution in [1.82, 2.24) is 10.2 Å². The van der Waals surface area contributed by atoms with Crippen molar-refractivity contribution in [3.05, 3.63) is 0 Å². The lowest BCUT2D eigenvalue weighted by Gasteiger charge is -2.34. The lowest BCUT2D eigenvalue weighted by Crippen LogP contribution is -2.48. The van der Waals surface area contributed by atoms with E-state index in [2.05, 4.69) is 5.32 Å². The number of carbonyl (C=O) groups is 3. The molecule has 0 aromatic carbocycles. The standard InChI is InChI=1S/C13H24N2O4.C2HF3O2/c1-10(16)14-6-5-11-9-15(7-8-18-11)12(17)19-13(2,3)4;3-2(4,5)1(6)7/h11H,5-9H2,1-4H3,(H,14,16);(H,6,7). The van der Waals surface area contributed by atoms with Crippen LogP contribution >= 0.6 is 0 Å². The second-order valence-electron chi connectivity index (χ2n) is 6.49. The number of hydrogen-bond donors (Lipinski definition) is 2. The molecule has 26 heavy (non-hydrogen) atoms. The van der Waals surface area contributed by atoms with Crippen LogP contribution in [0.2, 0.25) is 0 Å². The van der Waals surface area contributed by atoms with E-state index in [9.17, 15) is 22.8 Å². The maximum absolute atomic E-state index is 11.9. The minimum absolute atomic E-state index is 0.0480. The molecule has 152 valence electrons. The van der Waals surface area contributed by atoms with Crippen molar-refractivity contribution in [3.8, 4) is 0 Å². The number of amides is 2. The number of carboxylic acid groups (broad SMARTS) is 1. The summed E-state index contributed by atoms with van der Waals surface area (Å²) in [4.78, 5) is 33.3. The fourth-order valence-corrected chi connectivity index (χ4v) is 1.80. The molecular formula is C15H25F3N2O6. The van der Waals surface area contributed by atoms with Crippen molar-refractivity contribution in [1.29, 1.82) is 0 Å². The van der Waals surface area contributed by atoms with Crippen molar-refractivity contribution in [2.75, 3.05) is 26.2 Å². The van der Waals surface area contributed by atoms with Gasteiger partial charge < -0.3 is 24.8 Å². The van der Waals surface area contributed by atoms with Crippen molar-refractivity contribution >= 4 is 18.0 Å². The molecule has 1 aliphatic heterocycles. The molecule has 0 aromatic heterocycles. The molecule has 0 aromatic rings. The van der Waals surface area contributed by atoms with E-state index in [1.165, 1.54) is 6.92 Å². The number of ether oxygens (including phenoxy) is 2. The topological polar surface area (TPSA) is 105 Å². The SMILES string of the molecule is CC(=O)NCCC1CN(C(=O)OC(C)(C)C)CCO1.O=C(O)C(F)(F)F. The molecular weight excluding hydrogens is 361 g/mol. The van der Waals surface area contributed by atoms with E-state index >= 15 is 0 Å². The second kappa shape index (κ2) is 10.2. The third-order valence-corrected chi connectivity index (χ3v) is 2.87. The van der Waals surface area contributed by atoms with Crippen LogP contribution in [-0.4, -0.2) is 72.1 Å². The van der Waals surface area contributed by atoms with E-state index in [4.69, 9.17) is 19.4 Å². The number of nitrogens with one attached hydrogen (secondary N) is 1. The van der Waals surface area contributed by atoms with Crippen molar-refractivity contribution in [3.63, 3.8) is 0 Å². The summed E-state index contributed by atoms with van der Waals surface area (Å²) in [7, 11) is 0. The molecule has 1 fully saturated rings. The van der Waals surface area contributed by atoms with Gasteiger partial charge in [0.1, 0.15) is 5.60 Å². The molecule has 2 N–H and O–H groups in total. The van der Waals surface area contributed by atoms with Crippen LogP contribution in [-0.2, 0) is 19.1 Å². The molecule has 1 aliphatic rings. The average molecular weight is 386 g/mol. The first-order valence-electron chi connectivity index (χ1n) is 7.86. The van der Waals surface area contributed by atoms with E-state index in [1.54, 1.807) is 4.90 Å². The maximum atomic E-state index is 11.9. The first-order chi connectivity index (χ1) is 11.7. The molecule has 0 aliphatic carbocycles. The number of rotatable bonds is 3. The number of halogens is 3. The highest BCUT2D eigenvalue weighted by atomic mass is 19.4. The summed E-state index contributed by atoms with van der Waals surface area (Å²) < 4.78 is 42.6. The quantitative estimate of drug-likeness (QED) is 0.766. The van der Waals surface area contributed by atoms with Crippen LogP contribution in [0.1, 0.15) is 34.1 Å². The number of carbonyl (C=O) groups excluding carboxylic acids is 2. The lowest BCUT2D eigenvalue weighted by molar-refractivity contribution is -0.192. The van der Waals surface area contributed by atoms with Crippen LogP contribution in [0, 0.1) is 0 Å². The summed E-state index contributed by atoms with van der Waals surface area (Å²) >= 11 is 0. The third kappa shape index (κ3) is 11.5. The molecule has 0 spiro atoms. The van der Waals surface area contributed by atoms with Crippen LogP contribution in [0.3, 0.4) is 0 Å². The summed E-state index contributed by atoms with van der Waals surface area (Å²) in [5, 5.41) is 9.85. The summed E-state index contributed by atoms with van der Waals surface area (Å²) in [6.45, 7) is 9.14. The Kier molecular flexibility index (Phi) is 9.39. The summed E-state index contributed by atoms with van der Waals surface area (Å²) in [6, 6.07) is 0. The van der Waals surface area contributed by atoms with Gasteiger partial charge >= 0.3 is 18.2 Å². The van der Waals surface area contributed by atoms with Gasteiger partial charge in [-0.2, -0.15) is 13.2 Å². The van der Waals surface area contributed by atoms with Gasteiger partial charge in [-0.15, -0.1) is 0 Å². The second-order valence-corrected chi connectivity index (χ2v) is 6.49. The van der Waals surface area contributed by atoms with Gasteiger partial charge in [0, 0.05) is 20.0 Å². The highest BCUT2D eigenvalue weighted by molar-refractivity contribution is 5.73. The fourth-order valence-electron chi connectivity index (χ4n) is 1.80. The Hall–Kier alpha value is -2.04. The van der Waals surface area contributed by atoms with Gasteiger partial charge in [0.2, 0.25) is 5.91 Å². The fraction of sp³-hybridized carbons (Fsp3) is 0.800. The molecule has 1 saturated heterocycles. The van der Waals surface area contributed by atoms with Gasteiger partial charge in [0.15, 0.2) is 0 Å². The average Bonchev–Trinajstić information content (AvgIpc) is 2.45. The smallest absolute Gasteiger partial charge is 0.475 e. The molecule has 2 amide bonds. The van der Waals surface area contributed by atoms with Crippen LogP contribution in [0.5, 0.6) is 0 Å². The zero-order valence-electron chi connectivity index (χ0n) is 15.2. The predicted molar refractivity (Wildman–Crippen MR) is 84.5 cm³/mol. The molecule has 1 heterocycles. The number of morpholine rings is 1. The first-order valence-corrected chi connectivity index (χ1v) is 7.86. The minimum Gasteiger partial charge on any atom is -0.475 e. The normalized spacial score (nSPS) is 17.7.